The Morgan fingerprint density at radius 3 is 2.74 bits per heavy atom. The number of imidazole rings is 1. The van der Waals surface area contributed by atoms with Gasteiger partial charge in [0.15, 0.2) is 0 Å². The molecule has 0 bridgehead atoms. The summed E-state index contributed by atoms with van der Waals surface area (Å²) in [5.41, 5.74) is 6.61. The van der Waals surface area contributed by atoms with Crippen LogP contribution < -0.4 is 10.6 Å². The molecule has 0 saturated carbocycles. The van der Waals surface area contributed by atoms with E-state index in [4.69, 9.17) is 10.5 Å². The van der Waals surface area contributed by atoms with Gasteiger partial charge in [-0.25, -0.2) is 9.97 Å². The van der Waals surface area contributed by atoms with E-state index < -0.39 is 12.0 Å². The largest absolute Gasteiger partial charge is 0.384 e. The van der Waals surface area contributed by atoms with E-state index in [-0.39, 0.29) is 36.0 Å². The van der Waals surface area contributed by atoms with Crippen molar-refractivity contribution >= 4 is 29.5 Å². The Morgan fingerprint density at radius 2 is 2.11 bits per heavy atom. The van der Waals surface area contributed by atoms with E-state index in [1.54, 1.807) is 49.4 Å². The van der Waals surface area contributed by atoms with Crippen molar-refractivity contribution < 1.29 is 19.1 Å². The number of carbonyl (C=O) groups excluding carboxylic acids is 3. The fourth-order valence-electron chi connectivity index (χ4n) is 5.27. The standard InChI is InChI=1S/C25H34N6O4/c1-4-17(18-6-5-11-35-15-18)14-21(32)31-22(24(34)30(3)25-28-9-10-29(25)2)19(23(31)33)12-16-7-8-27-20(26)13-16/h7-10,13,17-19,22H,4-6,11-12,14-15H2,1-3H3,(H2,26,27)/t17-,18?,19+,22-/m0/s1. The quantitative estimate of drug-likeness (QED) is 0.569. The van der Waals surface area contributed by atoms with Crippen molar-refractivity contribution in [3.8, 4) is 0 Å². The number of anilines is 2. The minimum Gasteiger partial charge on any atom is -0.384 e. The van der Waals surface area contributed by atoms with Gasteiger partial charge in [-0.3, -0.25) is 24.2 Å². The fourth-order valence-corrected chi connectivity index (χ4v) is 5.27. The van der Waals surface area contributed by atoms with Gasteiger partial charge in [0, 0.05) is 52.3 Å². The number of hydrogen-bond donors (Lipinski definition) is 1. The Morgan fingerprint density at radius 1 is 1.31 bits per heavy atom. The molecule has 10 nitrogen and oxygen atoms in total. The lowest BCUT2D eigenvalue weighted by molar-refractivity contribution is -0.171. The third kappa shape index (κ3) is 5.07. The Hall–Kier alpha value is -3.27. The lowest BCUT2D eigenvalue weighted by Gasteiger charge is -2.46. The van der Waals surface area contributed by atoms with Crippen molar-refractivity contribution in [2.45, 2.75) is 45.1 Å². The summed E-state index contributed by atoms with van der Waals surface area (Å²) in [6.45, 7) is 3.44. The maximum Gasteiger partial charge on any atom is 0.253 e. The van der Waals surface area contributed by atoms with Gasteiger partial charge in [0.05, 0.1) is 5.92 Å². The van der Waals surface area contributed by atoms with Crippen molar-refractivity contribution in [3.05, 3.63) is 36.3 Å². The van der Waals surface area contributed by atoms with E-state index in [9.17, 15) is 14.4 Å². The maximum absolute atomic E-state index is 13.6. The lowest BCUT2D eigenvalue weighted by Crippen LogP contribution is -2.69. The molecule has 10 heteroatoms. The van der Waals surface area contributed by atoms with Gasteiger partial charge in [0.25, 0.3) is 5.91 Å². The van der Waals surface area contributed by atoms with Crippen LogP contribution in [0.25, 0.3) is 0 Å². The highest BCUT2D eigenvalue weighted by Crippen LogP contribution is 2.35. The van der Waals surface area contributed by atoms with Gasteiger partial charge in [-0.2, -0.15) is 0 Å². The van der Waals surface area contributed by atoms with Crippen molar-refractivity contribution in [3.63, 3.8) is 0 Å². The number of amides is 3. The molecule has 4 rings (SSSR count). The highest BCUT2D eigenvalue weighted by Gasteiger charge is 2.55. The number of likely N-dealkylation sites (tertiary alicyclic amines) is 1. The maximum atomic E-state index is 13.6. The minimum atomic E-state index is -0.897. The minimum absolute atomic E-state index is 0.109. The number of hydrogen-bond acceptors (Lipinski definition) is 7. The summed E-state index contributed by atoms with van der Waals surface area (Å²) in [6, 6.07) is 2.57. The molecule has 2 aliphatic rings. The number of pyridine rings is 1. The number of nitrogen functional groups attached to an aromatic ring is 1. The summed E-state index contributed by atoms with van der Waals surface area (Å²) in [4.78, 5) is 51.2. The molecule has 3 amide bonds. The Kier molecular flexibility index (Phi) is 7.49. The Labute approximate surface area is 205 Å². The van der Waals surface area contributed by atoms with E-state index in [0.29, 0.717) is 24.8 Å². The summed E-state index contributed by atoms with van der Waals surface area (Å²) in [7, 11) is 3.40. The molecule has 2 aliphatic heterocycles. The van der Waals surface area contributed by atoms with Crippen LogP contribution in [0.4, 0.5) is 11.8 Å². The molecule has 2 aromatic heterocycles. The molecule has 0 aliphatic carbocycles. The van der Waals surface area contributed by atoms with Gasteiger partial charge in [-0.1, -0.05) is 13.3 Å². The normalized spacial score (nSPS) is 23.0. The number of imide groups is 1. The first-order valence-electron chi connectivity index (χ1n) is 12.2. The summed E-state index contributed by atoms with van der Waals surface area (Å²) in [6.07, 6.45) is 8.24. The van der Waals surface area contributed by atoms with Crippen molar-refractivity contribution in [1.29, 1.82) is 0 Å². The predicted molar refractivity (Wildman–Crippen MR) is 130 cm³/mol. The second kappa shape index (κ2) is 10.6. The molecule has 2 N–H and O–H groups in total. The topological polar surface area (TPSA) is 124 Å². The van der Waals surface area contributed by atoms with Gasteiger partial charge >= 0.3 is 0 Å². The highest BCUT2D eigenvalue weighted by molar-refractivity contribution is 6.12. The molecule has 2 fully saturated rings. The molecule has 35 heavy (non-hydrogen) atoms. The number of nitrogens with zero attached hydrogens (tertiary/aromatic N) is 5. The van der Waals surface area contributed by atoms with Gasteiger partial charge in [0.1, 0.15) is 11.9 Å². The van der Waals surface area contributed by atoms with Crippen LogP contribution in [0, 0.1) is 17.8 Å². The number of carbonyl (C=O) groups is 3. The second-order valence-electron chi connectivity index (χ2n) is 9.53. The van der Waals surface area contributed by atoms with Crippen LogP contribution in [0.5, 0.6) is 0 Å². The monoisotopic (exact) mass is 482 g/mol. The molecule has 4 heterocycles. The molecule has 0 spiro atoms. The smallest absolute Gasteiger partial charge is 0.253 e. The molecule has 4 atom stereocenters. The van der Waals surface area contributed by atoms with Crippen LogP contribution in [0.3, 0.4) is 0 Å². The van der Waals surface area contributed by atoms with Crippen LogP contribution in [-0.2, 0) is 32.6 Å². The average Bonchev–Trinajstić information content (AvgIpc) is 3.29. The first kappa shape index (κ1) is 24.8. The number of rotatable bonds is 8. The summed E-state index contributed by atoms with van der Waals surface area (Å²) in [5, 5.41) is 0. The van der Waals surface area contributed by atoms with E-state index in [0.717, 1.165) is 31.4 Å². The molecule has 188 valence electrons. The van der Waals surface area contributed by atoms with Crippen LogP contribution >= 0.6 is 0 Å². The van der Waals surface area contributed by atoms with Gasteiger partial charge in [-0.05, 0) is 48.8 Å². The molecule has 0 aromatic carbocycles. The number of β-lactam (4-membered cyclic amide) rings is 1. The molecule has 1 unspecified atom stereocenters. The first-order chi connectivity index (χ1) is 16.8. The SMILES string of the molecule is CC[C@@H](CC(=O)N1C(=O)[C@H](Cc2ccnc(N)c2)[C@H]1C(=O)N(C)c1nccn1C)C1CCCOC1. The van der Waals surface area contributed by atoms with Gasteiger partial charge < -0.3 is 15.0 Å². The van der Waals surface area contributed by atoms with Crippen molar-refractivity contribution in [2.75, 3.05) is 30.9 Å². The van der Waals surface area contributed by atoms with Gasteiger partial charge in [0.2, 0.25) is 17.8 Å². The zero-order valence-corrected chi connectivity index (χ0v) is 20.6. The van der Waals surface area contributed by atoms with Crippen molar-refractivity contribution in [2.24, 2.45) is 24.8 Å². The van der Waals surface area contributed by atoms with Crippen LogP contribution in [-0.4, -0.2) is 63.5 Å². The zero-order chi connectivity index (χ0) is 25.1. The molecule has 2 saturated heterocycles. The van der Waals surface area contributed by atoms with E-state index in [2.05, 4.69) is 16.9 Å². The number of ether oxygens (including phenoxy) is 1. The average molecular weight is 483 g/mol. The highest BCUT2D eigenvalue weighted by atomic mass is 16.5. The summed E-state index contributed by atoms with van der Waals surface area (Å²) >= 11 is 0. The first-order valence-corrected chi connectivity index (χ1v) is 12.2. The molecular formula is C25H34N6O4. The fraction of sp³-hybridized carbons (Fsp3) is 0.560. The second-order valence-corrected chi connectivity index (χ2v) is 9.53. The van der Waals surface area contributed by atoms with Crippen LogP contribution in [0.2, 0.25) is 0 Å². The molecule has 2 aromatic rings. The number of aryl methyl sites for hydroxylation is 1. The number of likely N-dealkylation sites (N-methyl/N-ethyl adjacent to an activating group) is 1. The third-order valence-electron chi connectivity index (χ3n) is 7.29. The number of aromatic nitrogens is 3. The van der Waals surface area contributed by atoms with E-state index in [1.165, 1.54) is 9.80 Å². The van der Waals surface area contributed by atoms with E-state index in [1.807, 2.05) is 0 Å². The van der Waals surface area contributed by atoms with Crippen molar-refractivity contribution in [1.82, 2.24) is 19.4 Å². The third-order valence-corrected chi connectivity index (χ3v) is 7.29. The molecule has 0 radical (unpaired) electrons. The van der Waals surface area contributed by atoms with E-state index >= 15 is 0 Å². The summed E-state index contributed by atoms with van der Waals surface area (Å²) < 4.78 is 7.35. The van der Waals surface area contributed by atoms with Gasteiger partial charge in [-0.15, -0.1) is 0 Å². The predicted octanol–water partition coefficient (Wildman–Crippen LogP) is 1.80. The Bertz CT molecular complexity index is 1080. The van der Waals surface area contributed by atoms with Crippen LogP contribution in [0.1, 0.15) is 38.2 Å². The molecular weight excluding hydrogens is 448 g/mol. The number of nitrogens with two attached hydrogens (primary N) is 1. The Balaban J connectivity index is 1.56. The summed E-state index contributed by atoms with van der Waals surface area (Å²) in [5.74, 6) is -0.444. The zero-order valence-electron chi connectivity index (χ0n) is 20.6. The van der Waals surface area contributed by atoms with Crippen LogP contribution in [0.15, 0.2) is 30.7 Å². The lowest BCUT2D eigenvalue weighted by atomic mass is 9.79.